The summed E-state index contributed by atoms with van der Waals surface area (Å²) in [5.41, 5.74) is 1.64. The summed E-state index contributed by atoms with van der Waals surface area (Å²) in [7, 11) is 0. The lowest BCUT2D eigenvalue weighted by atomic mass is 9.97. The van der Waals surface area contributed by atoms with E-state index in [1.807, 2.05) is 24.3 Å². The molecule has 0 aliphatic carbocycles. The number of para-hydroxylation sites is 2. The number of fused-ring (bicyclic) bond motifs is 1. The van der Waals surface area contributed by atoms with Crippen molar-refractivity contribution in [3.05, 3.63) is 24.3 Å². The maximum Gasteiger partial charge on any atom is 0.394 e. The van der Waals surface area contributed by atoms with Gasteiger partial charge < -0.3 is 14.5 Å². The number of hydrogen-bond donors (Lipinski definition) is 1. The molecule has 1 aliphatic rings. The summed E-state index contributed by atoms with van der Waals surface area (Å²) in [5, 5.41) is 3.41. The van der Waals surface area contributed by atoms with Gasteiger partial charge in [-0.1, -0.05) is 12.1 Å². The van der Waals surface area contributed by atoms with Gasteiger partial charge in [0.1, 0.15) is 5.52 Å². The highest BCUT2D eigenvalue weighted by Crippen LogP contribution is 2.21. The molecule has 0 amide bonds. The number of hydrogen-bond acceptors (Lipinski definition) is 4. The quantitative estimate of drug-likeness (QED) is 0.900. The molecule has 0 spiro atoms. The lowest BCUT2D eigenvalue weighted by Crippen LogP contribution is -2.30. The monoisotopic (exact) mass is 246 g/mol. The van der Waals surface area contributed by atoms with E-state index in [1.165, 1.54) is 12.8 Å². The molecular formula is C14H18N2O2. The Kier molecular flexibility index (Phi) is 3.46. The molecule has 1 fully saturated rings. The molecule has 0 saturated carbocycles. The Morgan fingerprint density at radius 3 is 3.17 bits per heavy atom. The SMILES string of the molecule is c1ccc2oc(OCCC3CCCNC3)nc2c1. The average Bonchev–Trinajstić information content (AvgIpc) is 2.82. The van der Waals surface area contributed by atoms with Gasteiger partial charge in [-0.05, 0) is 50.4 Å². The highest BCUT2D eigenvalue weighted by atomic mass is 16.6. The summed E-state index contributed by atoms with van der Waals surface area (Å²) in [5.74, 6) is 0.725. The fourth-order valence-electron chi connectivity index (χ4n) is 2.40. The van der Waals surface area contributed by atoms with E-state index in [0.29, 0.717) is 12.7 Å². The topological polar surface area (TPSA) is 47.3 Å². The third kappa shape index (κ3) is 2.64. The number of rotatable bonds is 4. The van der Waals surface area contributed by atoms with E-state index in [1.54, 1.807) is 0 Å². The molecule has 1 aliphatic heterocycles. The Balaban J connectivity index is 1.53. The first-order chi connectivity index (χ1) is 8.92. The Hall–Kier alpha value is -1.55. The standard InChI is InChI=1S/C14H18N2O2/c1-2-6-13-12(5-1)16-14(18-13)17-9-7-11-4-3-8-15-10-11/h1-2,5-6,11,15H,3-4,7-10H2. The van der Waals surface area contributed by atoms with Crippen LogP contribution in [0.2, 0.25) is 0 Å². The van der Waals surface area contributed by atoms with Gasteiger partial charge in [-0.3, -0.25) is 0 Å². The van der Waals surface area contributed by atoms with Crippen LogP contribution in [0.4, 0.5) is 0 Å². The Labute approximate surface area is 106 Å². The zero-order chi connectivity index (χ0) is 12.2. The van der Waals surface area contributed by atoms with Gasteiger partial charge in [0.05, 0.1) is 6.61 Å². The van der Waals surface area contributed by atoms with Gasteiger partial charge in [-0.2, -0.15) is 4.98 Å². The largest absolute Gasteiger partial charge is 0.450 e. The highest BCUT2D eigenvalue weighted by molar-refractivity contribution is 5.72. The zero-order valence-electron chi connectivity index (χ0n) is 10.4. The molecule has 1 atom stereocenters. The summed E-state index contributed by atoms with van der Waals surface area (Å²) in [6, 6.07) is 7.71. The fraction of sp³-hybridized carbons (Fsp3) is 0.500. The van der Waals surface area contributed by atoms with Crippen LogP contribution in [-0.2, 0) is 0 Å². The van der Waals surface area contributed by atoms with E-state index >= 15 is 0 Å². The first-order valence-electron chi connectivity index (χ1n) is 6.61. The van der Waals surface area contributed by atoms with Crippen molar-refractivity contribution in [2.24, 2.45) is 5.92 Å². The molecule has 3 rings (SSSR count). The number of nitrogens with one attached hydrogen (secondary N) is 1. The van der Waals surface area contributed by atoms with E-state index in [2.05, 4.69) is 10.3 Å². The molecule has 1 N–H and O–H groups in total. The first-order valence-corrected chi connectivity index (χ1v) is 6.61. The predicted molar refractivity (Wildman–Crippen MR) is 69.7 cm³/mol. The van der Waals surface area contributed by atoms with E-state index in [4.69, 9.17) is 9.15 Å². The van der Waals surface area contributed by atoms with Crippen molar-refractivity contribution in [3.63, 3.8) is 0 Å². The molecule has 2 aromatic rings. The number of oxazole rings is 1. The van der Waals surface area contributed by atoms with Crippen LogP contribution in [0, 0.1) is 5.92 Å². The average molecular weight is 246 g/mol. The van der Waals surface area contributed by atoms with Crippen molar-refractivity contribution in [3.8, 4) is 6.08 Å². The van der Waals surface area contributed by atoms with Crippen LogP contribution in [-0.4, -0.2) is 24.7 Å². The molecule has 1 aromatic heterocycles. The zero-order valence-corrected chi connectivity index (χ0v) is 10.4. The molecule has 0 bridgehead atoms. The van der Waals surface area contributed by atoms with Crippen molar-refractivity contribution in [1.29, 1.82) is 0 Å². The second-order valence-electron chi connectivity index (χ2n) is 4.80. The molecule has 4 heteroatoms. The van der Waals surface area contributed by atoms with E-state index < -0.39 is 0 Å². The number of ether oxygens (including phenoxy) is 1. The molecule has 1 aromatic carbocycles. The van der Waals surface area contributed by atoms with Crippen LogP contribution in [0.1, 0.15) is 19.3 Å². The van der Waals surface area contributed by atoms with Crippen LogP contribution in [0.5, 0.6) is 6.08 Å². The molecular weight excluding hydrogens is 228 g/mol. The number of nitrogens with zero attached hydrogens (tertiary/aromatic N) is 1. The summed E-state index contributed by atoms with van der Waals surface area (Å²) >= 11 is 0. The van der Waals surface area contributed by atoms with E-state index in [-0.39, 0.29) is 0 Å². The van der Waals surface area contributed by atoms with Crippen LogP contribution in [0.15, 0.2) is 28.7 Å². The van der Waals surface area contributed by atoms with Gasteiger partial charge in [-0.25, -0.2) is 0 Å². The van der Waals surface area contributed by atoms with Crippen molar-refractivity contribution in [1.82, 2.24) is 10.3 Å². The van der Waals surface area contributed by atoms with Crippen LogP contribution < -0.4 is 10.1 Å². The van der Waals surface area contributed by atoms with Crippen molar-refractivity contribution < 1.29 is 9.15 Å². The lowest BCUT2D eigenvalue weighted by Gasteiger charge is -2.22. The van der Waals surface area contributed by atoms with Crippen molar-refractivity contribution >= 4 is 11.1 Å². The second-order valence-corrected chi connectivity index (χ2v) is 4.80. The van der Waals surface area contributed by atoms with Gasteiger partial charge in [0.2, 0.25) is 0 Å². The number of piperidine rings is 1. The van der Waals surface area contributed by atoms with E-state index in [0.717, 1.165) is 36.5 Å². The Bertz CT molecular complexity index is 470. The van der Waals surface area contributed by atoms with Gasteiger partial charge >= 0.3 is 6.08 Å². The third-order valence-electron chi connectivity index (χ3n) is 3.42. The van der Waals surface area contributed by atoms with Gasteiger partial charge in [-0.15, -0.1) is 0 Å². The van der Waals surface area contributed by atoms with Gasteiger partial charge in [0.25, 0.3) is 0 Å². The summed E-state index contributed by atoms with van der Waals surface area (Å²) in [4.78, 5) is 4.29. The van der Waals surface area contributed by atoms with Crippen LogP contribution in [0.3, 0.4) is 0 Å². The first kappa shape index (κ1) is 11.5. The van der Waals surface area contributed by atoms with Crippen LogP contribution >= 0.6 is 0 Å². The van der Waals surface area contributed by atoms with Gasteiger partial charge in [0, 0.05) is 0 Å². The minimum absolute atomic E-state index is 0.389. The lowest BCUT2D eigenvalue weighted by molar-refractivity contribution is 0.205. The van der Waals surface area contributed by atoms with Crippen molar-refractivity contribution in [2.45, 2.75) is 19.3 Å². The summed E-state index contributed by atoms with van der Waals surface area (Å²) in [6.07, 6.45) is 4.02. The Morgan fingerprint density at radius 2 is 2.33 bits per heavy atom. The predicted octanol–water partition coefficient (Wildman–Crippen LogP) is 2.60. The fourth-order valence-corrected chi connectivity index (χ4v) is 2.40. The number of aromatic nitrogens is 1. The third-order valence-corrected chi connectivity index (χ3v) is 3.42. The normalized spacial score (nSPS) is 20.1. The van der Waals surface area contributed by atoms with Gasteiger partial charge in [0.15, 0.2) is 5.58 Å². The molecule has 2 heterocycles. The minimum atomic E-state index is 0.389. The molecule has 1 saturated heterocycles. The van der Waals surface area contributed by atoms with Crippen LogP contribution in [0.25, 0.3) is 11.1 Å². The Morgan fingerprint density at radius 1 is 1.39 bits per heavy atom. The molecule has 1 unspecified atom stereocenters. The maximum atomic E-state index is 5.59. The number of benzene rings is 1. The minimum Gasteiger partial charge on any atom is -0.450 e. The van der Waals surface area contributed by atoms with E-state index in [9.17, 15) is 0 Å². The summed E-state index contributed by atoms with van der Waals surface area (Å²) < 4.78 is 11.1. The summed E-state index contributed by atoms with van der Waals surface area (Å²) in [6.45, 7) is 2.94. The molecule has 0 radical (unpaired) electrons. The molecule has 96 valence electrons. The molecule has 4 nitrogen and oxygen atoms in total. The maximum absolute atomic E-state index is 5.59. The highest BCUT2D eigenvalue weighted by Gasteiger charge is 2.13. The molecule has 18 heavy (non-hydrogen) atoms. The second kappa shape index (κ2) is 5.40. The smallest absolute Gasteiger partial charge is 0.394 e. The van der Waals surface area contributed by atoms with Crippen molar-refractivity contribution in [2.75, 3.05) is 19.7 Å².